The lowest BCUT2D eigenvalue weighted by molar-refractivity contribution is 0.414. The summed E-state index contributed by atoms with van der Waals surface area (Å²) in [6, 6.07) is 9.52. The van der Waals surface area contributed by atoms with Gasteiger partial charge in [-0.25, -0.2) is 0 Å². The minimum atomic E-state index is -0.174. The average molecular weight is 268 g/mol. The number of halogens is 1. The normalized spacial score (nSPS) is 12.5. The van der Waals surface area contributed by atoms with Crippen molar-refractivity contribution in [1.29, 1.82) is 0 Å². The van der Waals surface area contributed by atoms with Crippen LogP contribution in [-0.2, 0) is 0 Å². The van der Waals surface area contributed by atoms with Crippen LogP contribution in [0.1, 0.15) is 21.4 Å². The number of hydrogen-bond donors (Lipinski definition) is 1. The maximum Gasteiger partial charge on any atom is 0.120 e. The van der Waals surface area contributed by atoms with Crippen molar-refractivity contribution in [3.63, 3.8) is 0 Å². The molecule has 1 aromatic carbocycles. The number of benzene rings is 1. The fraction of sp³-hybridized carbons (Fsp3) is 0.231. The van der Waals surface area contributed by atoms with Gasteiger partial charge in [-0.05, 0) is 36.8 Å². The van der Waals surface area contributed by atoms with Crippen molar-refractivity contribution in [3.8, 4) is 5.75 Å². The molecule has 0 radical (unpaired) electrons. The SMILES string of the molecule is COc1ccc(C(N)c2ccc(C)s2)c(Cl)c1. The van der Waals surface area contributed by atoms with E-state index in [1.54, 1.807) is 24.5 Å². The second-order valence-electron chi connectivity index (χ2n) is 3.81. The molecular formula is C13H14ClNOS. The molecule has 1 heterocycles. The van der Waals surface area contributed by atoms with E-state index in [0.29, 0.717) is 5.02 Å². The third-order valence-electron chi connectivity index (χ3n) is 2.61. The Morgan fingerprint density at radius 2 is 2.06 bits per heavy atom. The van der Waals surface area contributed by atoms with Gasteiger partial charge in [-0.15, -0.1) is 11.3 Å². The lowest BCUT2D eigenvalue weighted by Gasteiger charge is -2.13. The first-order valence-corrected chi connectivity index (χ1v) is 6.46. The third kappa shape index (κ3) is 2.63. The molecule has 2 nitrogen and oxygen atoms in total. The second-order valence-corrected chi connectivity index (χ2v) is 5.54. The maximum absolute atomic E-state index is 6.21. The van der Waals surface area contributed by atoms with Gasteiger partial charge in [-0.3, -0.25) is 0 Å². The molecule has 90 valence electrons. The topological polar surface area (TPSA) is 35.2 Å². The van der Waals surface area contributed by atoms with Crippen LogP contribution in [-0.4, -0.2) is 7.11 Å². The monoisotopic (exact) mass is 267 g/mol. The van der Waals surface area contributed by atoms with E-state index in [4.69, 9.17) is 22.1 Å². The Balaban J connectivity index is 2.34. The zero-order valence-electron chi connectivity index (χ0n) is 9.74. The van der Waals surface area contributed by atoms with Gasteiger partial charge in [0.25, 0.3) is 0 Å². The van der Waals surface area contributed by atoms with E-state index >= 15 is 0 Å². The fourth-order valence-electron chi connectivity index (χ4n) is 1.66. The minimum absolute atomic E-state index is 0.174. The Hall–Kier alpha value is -1.03. The molecule has 0 amide bonds. The van der Waals surface area contributed by atoms with Crippen molar-refractivity contribution < 1.29 is 4.74 Å². The molecule has 0 bridgehead atoms. The van der Waals surface area contributed by atoms with Crippen LogP contribution < -0.4 is 10.5 Å². The molecule has 0 aliphatic rings. The Bertz CT molecular complexity index is 524. The molecule has 0 spiro atoms. The molecule has 2 N–H and O–H groups in total. The quantitative estimate of drug-likeness (QED) is 0.919. The fourth-order valence-corrected chi connectivity index (χ4v) is 2.85. The summed E-state index contributed by atoms with van der Waals surface area (Å²) < 4.78 is 5.12. The lowest BCUT2D eigenvalue weighted by atomic mass is 10.1. The van der Waals surface area contributed by atoms with Crippen molar-refractivity contribution in [1.82, 2.24) is 0 Å². The average Bonchev–Trinajstić information content (AvgIpc) is 2.75. The van der Waals surface area contributed by atoms with Crippen LogP contribution >= 0.6 is 22.9 Å². The first kappa shape index (κ1) is 12.4. The molecule has 0 saturated carbocycles. The molecule has 0 aliphatic heterocycles. The van der Waals surface area contributed by atoms with E-state index in [9.17, 15) is 0 Å². The summed E-state index contributed by atoms with van der Waals surface area (Å²) in [5, 5.41) is 0.642. The molecule has 0 fully saturated rings. The molecule has 0 saturated heterocycles. The maximum atomic E-state index is 6.21. The highest BCUT2D eigenvalue weighted by atomic mass is 35.5. The summed E-state index contributed by atoms with van der Waals surface area (Å²) in [5.74, 6) is 0.744. The molecule has 1 atom stereocenters. The summed E-state index contributed by atoms with van der Waals surface area (Å²) >= 11 is 7.90. The van der Waals surface area contributed by atoms with Crippen LogP contribution in [0.4, 0.5) is 0 Å². The molecular weight excluding hydrogens is 254 g/mol. The van der Waals surface area contributed by atoms with Crippen molar-refractivity contribution in [2.24, 2.45) is 5.73 Å². The molecule has 2 rings (SSSR count). The van der Waals surface area contributed by atoms with E-state index in [1.165, 1.54) is 4.88 Å². The predicted octanol–water partition coefficient (Wildman–Crippen LogP) is 3.77. The molecule has 4 heteroatoms. The number of nitrogens with two attached hydrogens (primary N) is 1. The highest BCUT2D eigenvalue weighted by Gasteiger charge is 2.14. The Morgan fingerprint density at radius 3 is 2.59 bits per heavy atom. The van der Waals surface area contributed by atoms with Gasteiger partial charge in [0.2, 0.25) is 0 Å². The van der Waals surface area contributed by atoms with Crippen LogP contribution in [0.3, 0.4) is 0 Å². The van der Waals surface area contributed by atoms with Crippen LogP contribution in [0.5, 0.6) is 5.75 Å². The van der Waals surface area contributed by atoms with Gasteiger partial charge >= 0.3 is 0 Å². The first-order chi connectivity index (χ1) is 8.11. The van der Waals surface area contributed by atoms with Gasteiger partial charge in [0, 0.05) is 14.8 Å². The molecule has 2 aromatic rings. The molecule has 1 aromatic heterocycles. The van der Waals surface area contributed by atoms with Crippen molar-refractivity contribution in [2.45, 2.75) is 13.0 Å². The highest BCUT2D eigenvalue weighted by molar-refractivity contribution is 7.12. The van der Waals surface area contributed by atoms with Crippen LogP contribution in [0.25, 0.3) is 0 Å². The van der Waals surface area contributed by atoms with Crippen LogP contribution in [0.2, 0.25) is 5.02 Å². The van der Waals surface area contributed by atoms with Crippen molar-refractivity contribution in [2.75, 3.05) is 7.11 Å². The Kier molecular flexibility index (Phi) is 3.72. The van der Waals surface area contributed by atoms with E-state index in [1.807, 2.05) is 18.2 Å². The standard InChI is InChI=1S/C13H14ClNOS/c1-8-3-6-12(17-8)13(15)10-5-4-9(16-2)7-11(10)14/h3-7,13H,15H2,1-2H3. The summed E-state index contributed by atoms with van der Waals surface area (Å²) in [5.41, 5.74) is 7.13. The Morgan fingerprint density at radius 1 is 1.29 bits per heavy atom. The summed E-state index contributed by atoms with van der Waals surface area (Å²) in [4.78, 5) is 2.37. The molecule has 1 unspecified atom stereocenters. The lowest BCUT2D eigenvalue weighted by Crippen LogP contribution is -2.10. The van der Waals surface area contributed by atoms with Gasteiger partial charge < -0.3 is 10.5 Å². The minimum Gasteiger partial charge on any atom is -0.497 e. The van der Waals surface area contributed by atoms with Gasteiger partial charge in [0.15, 0.2) is 0 Å². The van der Waals surface area contributed by atoms with Gasteiger partial charge in [-0.2, -0.15) is 0 Å². The number of rotatable bonds is 3. The van der Waals surface area contributed by atoms with E-state index in [0.717, 1.165) is 16.2 Å². The molecule has 0 aliphatic carbocycles. The number of aryl methyl sites for hydroxylation is 1. The third-order valence-corrected chi connectivity index (χ3v) is 4.02. The molecule has 17 heavy (non-hydrogen) atoms. The van der Waals surface area contributed by atoms with Crippen LogP contribution in [0, 0.1) is 6.92 Å². The van der Waals surface area contributed by atoms with Crippen LogP contribution in [0.15, 0.2) is 30.3 Å². The number of methoxy groups -OCH3 is 1. The number of hydrogen-bond acceptors (Lipinski definition) is 3. The van der Waals surface area contributed by atoms with Gasteiger partial charge in [0.1, 0.15) is 5.75 Å². The summed E-state index contributed by atoms with van der Waals surface area (Å²) in [7, 11) is 1.62. The van der Waals surface area contributed by atoms with Gasteiger partial charge in [-0.1, -0.05) is 17.7 Å². The second kappa shape index (κ2) is 5.08. The van der Waals surface area contributed by atoms with Crippen molar-refractivity contribution >= 4 is 22.9 Å². The number of ether oxygens (including phenoxy) is 1. The predicted molar refractivity (Wildman–Crippen MR) is 73.1 cm³/mol. The van der Waals surface area contributed by atoms with E-state index < -0.39 is 0 Å². The smallest absolute Gasteiger partial charge is 0.120 e. The highest BCUT2D eigenvalue weighted by Crippen LogP contribution is 2.32. The van der Waals surface area contributed by atoms with Gasteiger partial charge in [0.05, 0.1) is 13.2 Å². The van der Waals surface area contributed by atoms with E-state index in [2.05, 4.69) is 13.0 Å². The first-order valence-electron chi connectivity index (χ1n) is 5.27. The summed E-state index contributed by atoms with van der Waals surface area (Å²) in [6.07, 6.45) is 0. The van der Waals surface area contributed by atoms with E-state index in [-0.39, 0.29) is 6.04 Å². The summed E-state index contributed by atoms with van der Waals surface area (Å²) in [6.45, 7) is 2.07. The van der Waals surface area contributed by atoms with Crippen molar-refractivity contribution in [3.05, 3.63) is 50.7 Å². The Labute approximate surface area is 110 Å². The zero-order valence-corrected chi connectivity index (χ0v) is 11.3. The zero-order chi connectivity index (χ0) is 12.4. The number of thiophene rings is 1. The largest absolute Gasteiger partial charge is 0.497 e.